The van der Waals surface area contributed by atoms with Crippen molar-refractivity contribution in [2.45, 2.75) is 101 Å². The minimum atomic E-state index is -1.80. The monoisotopic (exact) mass is 598 g/mol. The van der Waals surface area contributed by atoms with Crippen LogP contribution in [0.3, 0.4) is 0 Å². The van der Waals surface area contributed by atoms with Crippen LogP contribution < -0.4 is 0 Å². The molecule has 4 heteroatoms. The largest absolute Gasteiger partial charge is 0.414 e. The van der Waals surface area contributed by atoms with Gasteiger partial charge >= 0.3 is 0 Å². The summed E-state index contributed by atoms with van der Waals surface area (Å²) in [7, 11) is -3.59. The fourth-order valence-electron chi connectivity index (χ4n) is 11.6. The van der Waals surface area contributed by atoms with Gasteiger partial charge in [-0.15, -0.1) is 0 Å². The van der Waals surface area contributed by atoms with Crippen LogP contribution in [0, 0.1) is 59.2 Å². The van der Waals surface area contributed by atoms with Crippen molar-refractivity contribution in [2.24, 2.45) is 59.2 Å². The molecule has 14 atom stereocenters. The Morgan fingerprint density at radius 2 is 0.905 bits per heavy atom. The number of hydrogen-bond donors (Lipinski definition) is 0. The summed E-state index contributed by atoms with van der Waals surface area (Å²) in [6.45, 7) is 10.2. The molecule has 0 aromatic heterocycles. The Bertz CT molecular complexity index is 1130. The van der Waals surface area contributed by atoms with Gasteiger partial charge in [0, 0.05) is 12.2 Å². The van der Waals surface area contributed by atoms with Crippen LogP contribution >= 0.6 is 0 Å². The Morgan fingerprint density at radius 1 is 0.476 bits per heavy atom. The van der Waals surface area contributed by atoms with Gasteiger partial charge in [0.2, 0.25) is 0 Å². The first-order chi connectivity index (χ1) is 20.2. The molecule has 4 bridgehead atoms. The molecule has 0 heterocycles. The van der Waals surface area contributed by atoms with E-state index in [1.807, 2.05) is 0 Å². The third-order valence-corrected chi connectivity index (χ3v) is 20.4. The smallest absolute Gasteiger partial charge is 0.190 e. The molecule has 4 saturated carbocycles. The molecule has 8 aliphatic carbocycles. The predicted molar refractivity (Wildman–Crippen MR) is 179 cm³/mol. The second kappa shape index (κ2) is 10.7. The summed E-state index contributed by atoms with van der Waals surface area (Å²) in [5.41, 5.74) is 1.62. The fraction of sp³-hybridized carbons (Fsp3) is 0.684. The van der Waals surface area contributed by atoms with Crippen molar-refractivity contribution < 1.29 is 8.85 Å². The zero-order valence-corrected chi connectivity index (χ0v) is 28.5. The average molecular weight is 599 g/mol. The highest BCUT2D eigenvalue weighted by molar-refractivity contribution is 6.73. The molecule has 0 spiro atoms. The fourth-order valence-corrected chi connectivity index (χ4v) is 18.4. The van der Waals surface area contributed by atoms with Gasteiger partial charge in [-0.3, -0.25) is 0 Å². The van der Waals surface area contributed by atoms with Crippen LogP contribution in [0.5, 0.6) is 0 Å². The van der Waals surface area contributed by atoms with Gasteiger partial charge < -0.3 is 8.85 Å². The highest BCUT2D eigenvalue weighted by Crippen LogP contribution is 2.56. The second-order valence-corrected chi connectivity index (χ2v) is 25.1. The first kappa shape index (κ1) is 28.3. The van der Waals surface area contributed by atoms with Crippen molar-refractivity contribution in [1.82, 2.24) is 0 Å². The first-order valence-corrected chi connectivity index (χ1v) is 23.6. The Balaban J connectivity index is 0.997. The van der Waals surface area contributed by atoms with E-state index in [-0.39, 0.29) is 0 Å². The summed E-state index contributed by atoms with van der Waals surface area (Å²) in [5.74, 6) is 7.13. The highest BCUT2D eigenvalue weighted by atomic mass is 28.4. The molecule has 4 fully saturated rings. The van der Waals surface area contributed by atoms with Gasteiger partial charge in [-0.05, 0) is 148 Å². The Labute approximate surface area is 257 Å². The van der Waals surface area contributed by atoms with Crippen LogP contribution in [0.15, 0.2) is 72.9 Å². The molecule has 14 unspecified atom stereocenters. The summed E-state index contributed by atoms with van der Waals surface area (Å²) in [6.07, 6.45) is 40.8. The summed E-state index contributed by atoms with van der Waals surface area (Å²) < 4.78 is 14.9. The van der Waals surface area contributed by atoms with E-state index in [1.54, 1.807) is 0 Å². The summed E-state index contributed by atoms with van der Waals surface area (Å²) in [6, 6.07) is 0. The lowest BCUT2D eigenvalue weighted by molar-refractivity contribution is 0.0988. The predicted octanol–water partition coefficient (Wildman–Crippen LogP) is 9.64. The quantitative estimate of drug-likeness (QED) is 0.194. The van der Waals surface area contributed by atoms with Crippen LogP contribution in [-0.2, 0) is 8.85 Å². The Hall–Kier alpha value is -1.21. The van der Waals surface area contributed by atoms with E-state index in [1.165, 1.54) is 51.4 Å². The normalized spacial score (nSPS) is 47.7. The molecule has 8 aliphatic rings. The molecule has 2 nitrogen and oxygen atoms in total. The molecule has 0 aliphatic heterocycles. The van der Waals surface area contributed by atoms with Crippen LogP contribution in [0.1, 0.15) is 51.4 Å². The van der Waals surface area contributed by atoms with Crippen molar-refractivity contribution >= 4 is 16.6 Å². The van der Waals surface area contributed by atoms with Crippen molar-refractivity contribution in [3.63, 3.8) is 0 Å². The molecule has 8 rings (SSSR count). The minimum absolute atomic E-state index is 0.419. The lowest BCUT2D eigenvalue weighted by Gasteiger charge is -2.39. The molecular weight excluding hydrogens is 545 g/mol. The highest BCUT2D eigenvalue weighted by Gasteiger charge is 2.53. The van der Waals surface area contributed by atoms with Gasteiger partial charge in [-0.2, -0.15) is 0 Å². The first-order valence-electron chi connectivity index (χ1n) is 17.7. The molecule has 0 radical (unpaired) electrons. The van der Waals surface area contributed by atoms with E-state index in [4.69, 9.17) is 8.85 Å². The maximum Gasteiger partial charge on any atom is 0.190 e. The third-order valence-electron chi connectivity index (χ3n) is 13.6. The number of rotatable bonds is 9. The van der Waals surface area contributed by atoms with Crippen molar-refractivity contribution in [3.05, 3.63) is 72.9 Å². The SMILES string of the molecule is C[Si](C)(OC1CC2C=CC=CC2C1CCC1C(O[Si](C)(C)C2CC3C=CC2C3)CC2C=CC=CC21)C1CC2C=CC1C2. The van der Waals surface area contributed by atoms with Crippen LogP contribution in [-0.4, -0.2) is 28.8 Å². The van der Waals surface area contributed by atoms with Crippen LogP contribution in [0.4, 0.5) is 0 Å². The van der Waals surface area contributed by atoms with Crippen molar-refractivity contribution in [3.8, 4) is 0 Å². The number of fused-ring (bicyclic) bond motifs is 6. The molecule has 0 N–H and O–H groups in total. The van der Waals surface area contributed by atoms with E-state index in [0.29, 0.717) is 47.7 Å². The lowest BCUT2D eigenvalue weighted by atomic mass is 9.79. The van der Waals surface area contributed by atoms with Gasteiger partial charge in [-0.1, -0.05) is 72.9 Å². The van der Waals surface area contributed by atoms with E-state index >= 15 is 0 Å². The van der Waals surface area contributed by atoms with Crippen LogP contribution in [0.25, 0.3) is 0 Å². The van der Waals surface area contributed by atoms with Gasteiger partial charge in [0.25, 0.3) is 0 Å². The van der Waals surface area contributed by atoms with Crippen molar-refractivity contribution in [1.29, 1.82) is 0 Å². The Kier molecular flexibility index (Phi) is 7.21. The van der Waals surface area contributed by atoms with Crippen molar-refractivity contribution in [2.75, 3.05) is 0 Å². The molecule has 0 aromatic rings. The zero-order chi connectivity index (χ0) is 28.6. The molecular formula is C38H54O2Si2. The summed E-state index contributed by atoms with van der Waals surface area (Å²) in [4.78, 5) is 0. The van der Waals surface area contributed by atoms with Gasteiger partial charge in [0.1, 0.15) is 0 Å². The lowest BCUT2D eigenvalue weighted by Crippen LogP contribution is -2.44. The number of allylic oxidation sites excluding steroid dienone is 12. The van der Waals surface area contributed by atoms with Crippen LogP contribution in [0.2, 0.25) is 37.3 Å². The zero-order valence-electron chi connectivity index (χ0n) is 26.5. The van der Waals surface area contributed by atoms with E-state index in [0.717, 1.165) is 34.8 Å². The topological polar surface area (TPSA) is 18.5 Å². The van der Waals surface area contributed by atoms with Gasteiger partial charge in [-0.25, -0.2) is 0 Å². The maximum absolute atomic E-state index is 7.45. The van der Waals surface area contributed by atoms with Gasteiger partial charge in [0.05, 0.1) is 0 Å². The maximum atomic E-state index is 7.45. The molecule has 0 saturated heterocycles. The summed E-state index contributed by atoms with van der Waals surface area (Å²) >= 11 is 0. The van der Waals surface area contributed by atoms with Gasteiger partial charge in [0.15, 0.2) is 16.6 Å². The molecule has 42 heavy (non-hydrogen) atoms. The molecule has 0 aromatic carbocycles. The standard InChI is InChI=1S/C38H54O2Si2/c1-41(2,37-21-25-13-15-29(37)19-25)39-35-23-27-9-5-7-11-31(27)33(35)17-18-34-32-12-8-6-10-28(32)24-36(34)40-42(3,4)38-22-26-14-16-30(38)20-26/h5-16,25-38H,17-24H2,1-4H3. The average Bonchev–Trinajstić information content (AvgIpc) is 3.82. The van der Waals surface area contributed by atoms with E-state index in [2.05, 4.69) is 99.1 Å². The third kappa shape index (κ3) is 4.95. The Morgan fingerprint density at radius 3 is 1.29 bits per heavy atom. The molecule has 0 amide bonds. The second-order valence-electron chi connectivity index (χ2n) is 16.7. The van der Waals surface area contributed by atoms with E-state index < -0.39 is 16.6 Å². The van der Waals surface area contributed by atoms with E-state index in [9.17, 15) is 0 Å². The summed E-state index contributed by atoms with van der Waals surface area (Å²) in [5, 5.41) is 0. The molecule has 226 valence electrons. The number of hydrogen-bond acceptors (Lipinski definition) is 2. The minimum Gasteiger partial charge on any atom is -0.414 e.